The number of alkyl halides is 4. The maximum absolute atomic E-state index is 12.4. The van der Waals surface area contributed by atoms with Crippen molar-refractivity contribution < 1.29 is 27.0 Å². The molecule has 90 valence electrons. The first kappa shape index (κ1) is 13.3. The van der Waals surface area contributed by atoms with E-state index in [1.54, 1.807) is 22.6 Å². The van der Waals surface area contributed by atoms with Crippen LogP contribution in [0.1, 0.15) is 5.69 Å². The van der Waals surface area contributed by atoms with Gasteiger partial charge in [0.25, 0.3) is 0 Å². The van der Waals surface area contributed by atoms with E-state index >= 15 is 0 Å². The van der Waals surface area contributed by atoms with E-state index in [4.69, 9.17) is 4.74 Å². The Labute approximate surface area is 102 Å². The Morgan fingerprint density at radius 2 is 2.00 bits per heavy atom. The van der Waals surface area contributed by atoms with Gasteiger partial charge in [-0.3, -0.25) is 0 Å². The first-order valence-corrected chi connectivity index (χ1v) is 5.00. The number of methoxy groups -OCH3 is 1. The molecular weight excluding hydrogens is 345 g/mol. The Morgan fingerprint density at radius 3 is 2.44 bits per heavy atom. The van der Waals surface area contributed by atoms with Crippen LogP contribution in [0.3, 0.4) is 0 Å². The van der Waals surface area contributed by atoms with E-state index in [0.29, 0.717) is 0 Å². The van der Waals surface area contributed by atoms with Gasteiger partial charge in [-0.15, -0.1) is 13.2 Å². The highest BCUT2D eigenvalue weighted by Gasteiger charge is 2.33. The van der Waals surface area contributed by atoms with Crippen LogP contribution in [0.2, 0.25) is 0 Å². The normalized spacial score (nSPS) is 11.4. The minimum Gasteiger partial charge on any atom is -0.494 e. The van der Waals surface area contributed by atoms with Gasteiger partial charge in [0, 0.05) is 6.07 Å². The van der Waals surface area contributed by atoms with E-state index in [1.807, 2.05) is 0 Å². The molecule has 0 saturated heterocycles. The zero-order valence-corrected chi connectivity index (χ0v) is 10.1. The molecule has 0 aromatic carbocycles. The lowest BCUT2D eigenvalue weighted by atomic mass is 10.3. The number of aromatic nitrogens is 1. The smallest absolute Gasteiger partial charge is 0.494 e. The first-order chi connectivity index (χ1) is 7.37. The van der Waals surface area contributed by atoms with Crippen molar-refractivity contribution in [3.8, 4) is 11.5 Å². The predicted molar refractivity (Wildman–Crippen MR) is 55.0 cm³/mol. The number of hydrogen-bond donors (Lipinski definition) is 0. The van der Waals surface area contributed by atoms with Gasteiger partial charge >= 0.3 is 6.36 Å². The maximum atomic E-state index is 12.4. The molecule has 8 heteroatoms. The Bertz CT molecular complexity index is 383. The van der Waals surface area contributed by atoms with Crippen molar-refractivity contribution >= 4 is 22.6 Å². The average Bonchev–Trinajstić information content (AvgIpc) is 2.18. The predicted octanol–water partition coefficient (Wildman–Crippen LogP) is 3.06. The van der Waals surface area contributed by atoms with Gasteiger partial charge in [0.15, 0.2) is 11.5 Å². The van der Waals surface area contributed by atoms with Crippen molar-refractivity contribution in [1.82, 2.24) is 4.98 Å². The van der Waals surface area contributed by atoms with Crippen LogP contribution < -0.4 is 9.47 Å². The lowest BCUT2D eigenvalue weighted by Crippen LogP contribution is -2.18. The van der Waals surface area contributed by atoms with Gasteiger partial charge in [-0.05, 0) is 22.6 Å². The molecule has 0 unspecified atom stereocenters. The second kappa shape index (κ2) is 5.02. The third-order valence-corrected chi connectivity index (χ3v) is 2.33. The molecule has 3 nitrogen and oxygen atoms in total. The van der Waals surface area contributed by atoms with E-state index in [-0.39, 0.29) is 9.45 Å². The second-order valence-corrected chi connectivity index (χ2v) is 3.63. The summed E-state index contributed by atoms with van der Waals surface area (Å²) in [7, 11) is 1.27. The quantitative estimate of drug-likeness (QED) is 0.477. The van der Waals surface area contributed by atoms with Gasteiger partial charge in [0.05, 0.1) is 7.11 Å². The van der Waals surface area contributed by atoms with Crippen LogP contribution in [-0.4, -0.2) is 18.5 Å². The van der Waals surface area contributed by atoms with Crippen LogP contribution in [-0.2, 0) is 6.67 Å². The summed E-state index contributed by atoms with van der Waals surface area (Å²) in [5, 5.41) is 0. The number of nitrogens with zero attached hydrogens (tertiary/aromatic N) is 1. The van der Waals surface area contributed by atoms with Crippen molar-refractivity contribution in [3.05, 3.63) is 15.5 Å². The highest BCUT2D eigenvalue weighted by atomic mass is 127. The van der Waals surface area contributed by atoms with Crippen LogP contribution in [0.25, 0.3) is 0 Å². The molecule has 1 heterocycles. The summed E-state index contributed by atoms with van der Waals surface area (Å²) in [6.07, 6.45) is -4.89. The molecule has 0 radical (unpaired) electrons. The van der Waals surface area contributed by atoms with Crippen LogP contribution in [0.5, 0.6) is 11.5 Å². The summed E-state index contributed by atoms with van der Waals surface area (Å²) in [6.45, 7) is -1.15. The Hall–Kier alpha value is -0.800. The molecule has 1 aromatic heterocycles. The van der Waals surface area contributed by atoms with Gasteiger partial charge in [-0.25, -0.2) is 9.37 Å². The molecule has 0 saturated carbocycles. The molecule has 0 aliphatic carbocycles. The van der Waals surface area contributed by atoms with E-state index < -0.39 is 24.5 Å². The molecule has 1 aromatic rings. The van der Waals surface area contributed by atoms with E-state index in [2.05, 4.69) is 9.72 Å². The topological polar surface area (TPSA) is 31.4 Å². The molecule has 0 N–H and O–H groups in total. The van der Waals surface area contributed by atoms with Crippen LogP contribution >= 0.6 is 22.6 Å². The lowest BCUT2D eigenvalue weighted by Gasteiger charge is -2.13. The van der Waals surface area contributed by atoms with Crippen LogP contribution in [0, 0.1) is 3.70 Å². The molecule has 0 aliphatic heterocycles. The largest absolute Gasteiger partial charge is 0.573 e. The Balaban J connectivity index is 3.15. The molecule has 0 amide bonds. The number of hydrogen-bond acceptors (Lipinski definition) is 3. The van der Waals surface area contributed by atoms with Crippen molar-refractivity contribution in [2.24, 2.45) is 0 Å². The summed E-state index contributed by atoms with van der Waals surface area (Å²) in [5.41, 5.74) is -0.414. The molecule has 0 atom stereocenters. The lowest BCUT2D eigenvalue weighted by molar-refractivity contribution is -0.275. The molecule has 0 bridgehead atoms. The Kier molecular flexibility index (Phi) is 4.16. The molecule has 16 heavy (non-hydrogen) atoms. The van der Waals surface area contributed by atoms with Gasteiger partial charge in [0.2, 0.25) is 0 Å². The van der Waals surface area contributed by atoms with Gasteiger partial charge in [-0.1, -0.05) is 0 Å². The van der Waals surface area contributed by atoms with Gasteiger partial charge < -0.3 is 9.47 Å². The zero-order valence-electron chi connectivity index (χ0n) is 7.94. The summed E-state index contributed by atoms with van der Waals surface area (Å²) in [6, 6.07) is 0.956. The molecule has 1 rings (SSSR count). The molecule has 0 fully saturated rings. The van der Waals surface area contributed by atoms with E-state index in [0.717, 1.165) is 6.07 Å². The van der Waals surface area contributed by atoms with Crippen LogP contribution in [0.4, 0.5) is 17.6 Å². The van der Waals surface area contributed by atoms with Crippen molar-refractivity contribution in [2.45, 2.75) is 13.0 Å². The number of pyridine rings is 1. The summed E-state index contributed by atoms with van der Waals surface area (Å²) < 4.78 is 57.0. The van der Waals surface area contributed by atoms with Gasteiger partial charge in [-0.2, -0.15) is 0 Å². The highest BCUT2D eigenvalue weighted by molar-refractivity contribution is 14.1. The summed E-state index contributed by atoms with van der Waals surface area (Å²) in [4.78, 5) is 3.61. The van der Waals surface area contributed by atoms with Gasteiger partial charge in [0.1, 0.15) is 16.1 Å². The first-order valence-electron chi connectivity index (χ1n) is 3.92. The number of rotatable bonds is 3. The zero-order chi connectivity index (χ0) is 12.3. The second-order valence-electron chi connectivity index (χ2n) is 2.61. The highest BCUT2D eigenvalue weighted by Crippen LogP contribution is 2.31. The van der Waals surface area contributed by atoms with E-state index in [9.17, 15) is 17.6 Å². The summed E-state index contributed by atoms with van der Waals surface area (Å²) in [5.74, 6) is -0.593. The fourth-order valence-corrected chi connectivity index (χ4v) is 1.61. The monoisotopic (exact) mass is 351 g/mol. The molecule has 0 spiro atoms. The van der Waals surface area contributed by atoms with Crippen molar-refractivity contribution in [3.63, 3.8) is 0 Å². The van der Waals surface area contributed by atoms with Crippen LogP contribution in [0.15, 0.2) is 6.07 Å². The van der Waals surface area contributed by atoms with Crippen molar-refractivity contribution in [1.29, 1.82) is 0 Å². The minimum absolute atomic E-state index is 0.0945. The van der Waals surface area contributed by atoms with E-state index in [1.165, 1.54) is 7.11 Å². The standard InChI is InChI=1S/C8H6F4INO2/c1-15-6-2-5(16-8(10,11)12)4(3-9)14-7(6)13/h2H,3H2,1H3. The third kappa shape index (κ3) is 3.35. The Morgan fingerprint density at radius 1 is 1.38 bits per heavy atom. The average molecular weight is 351 g/mol. The third-order valence-electron chi connectivity index (χ3n) is 1.56. The maximum Gasteiger partial charge on any atom is 0.573 e. The number of ether oxygens (including phenoxy) is 2. The molecular formula is C8H6F4INO2. The number of halogens is 5. The molecule has 0 aliphatic rings. The minimum atomic E-state index is -4.89. The SMILES string of the molecule is COc1cc(OC(F)(F)F)c(CF)nc1I. The summed E-state index contributed by atoms with van der Waals surface area (Å²) >= 11 is 1.72. The van der Waals surface area contributed by atoms with Crippen molar-refractivity contribution in [2.75, 3.05) is 7.11 Å². The fourth-order valence-electron chi connectivity index (χ4n) is 0.943. The fraction of sp³-hybridized carbons (Fsp3) is 0.375.